The number of nitrogens with zero attached hydrogens (tertiary/aromatic N) is 4. The molecule has 0 aliphatic carbocycles. The van der Waals surface area contributed by atoms with Crippen LogP contribution < -0.4 is 10.6 Å². The molecule has 2 N–H and O–H groups in total. The summed E-state index contributed by atoms with van der Waals surface area (Å²) in [6.45, 7) is 3.26. The van der Waals surface area contributed by atoms with Gasteiger partial charge in [-0.25, -0.2) is 0 Å². The number of aryl methyl sites for hydroxylation is 1. The summed E-state index contributed by atoms with van der Waals surface area (Å²) >= 11 is 0. The van der Waals surface area contributed by atoms with E-state index in [2.05, 4.69) is 30.4 Å². The van der Waals surface area contributed by atoms with E-state index in [9.17, 15) is 0 Å². The molecule has 1 aliphatic heterocycles. The van der Waals surface area contributed by atoms with Crippen molar-refractivity contribution in [2.75, 3.05) is 33.9 Å². The van der Waals surface area contributed by atoms with Crippen molar-refractivity contribution in [3.05, 3.63) is 11.6 Å². The predicted molar refractivity (Wildman–Crippen MR) is 82.5 cm³/mol. The third kappa shape index (κ3) is 4.70. The molecule has 21 heavy (non-hydrogen) atoms. The first-order valence-corrected chi connectivity index (χ1v) is 7.69. The number of guanidine groups is 1. The van der Waals surface area contributed by atoms with Gasteiger partial charge in [0.15, 0.2) is 5.96 Å². The maximum absolute atomic E-state index is 5.01. The summed E-state index contributed by atoms with van der Waals surface area (Å²) in [4.78, 5) is 4.18. The molecule has 0 saturated carbocycles. The first-order chi connectivity index (χ1) is 10.3. The summed E-state index contributed by atoms with van der Waals surface area (Å²) in [6, 6.07) is 0. The van der Waals surface area contributed by atoms with Gasteiger partial charge in [-0.3, -0.25) is 4.99 Å². The highest BCUT2D eigenvalue weighted by atomic mass is 16.5. The largest absolute Gasteiger partial charge is 0.383 e. The lowest BCUT2D eigenvalue weighted by Gasteiger charge is -2.12. The van der Waals surface area contributed by atoms with E-state index < -0.39 is 0 Å². The minimum absolute atomic E-state index is 0.665. The lowest BCUT2D eigenvalue weighted by atomic mass is 10.2. The number of methoxy groups -OCH3 is 1. The molecule has 0 radical (unpaired) electrons. The van der Waals surface area contributed by atoms with E-state index in [1.165, 1.54) is 19.3 Å². The Morgan fingerprint density at radius 1 is 1.24 bits per heavy atom. The van der Waals surface area contributed by atoms with Gasteiger partial charge in [-0.1, -0.05) is 6.42 Å². The van der Waals surface area contributed by atoms with Crippen LogP contribution in [0.25, 0.3) is 0 Å². The van der Waals surface area contributed by atoms with E-state index in [0.29, 0.717) is 6.61 Å². The molecule has 0 atom stereocenters. The number of hydrogen-bond acceptors (Lipinski definition) is 4. The maximum Gasteiger partial charge on any atom is 0.191 e. The smallest absolute Gasteiger partial charge is 0.191 e. The number of nitrogens with one attached hydrogen (secondary N) is 2. The van der Waals surface area contributed by atoms with Gasteiger partial charge in [0.1, 0.15) is 11.6 Å². The molecule has 118 valence electrons. The van der Waals surface area contributed by atoms with Crippen LogP contribution in [0.2, 0.25) is 0 Å². The average molecular weight is 294 g/mol. The Kier molecular flexibility index (Phi) is 6.46. The number of aromatic nitrogens is 3. The number of hydrogen-bond donors (Lipinski definition) is 2. The van der Waals surface area contributed by atoms with Gasteiger partial charge in [0.25, 0.3) is 0 Å². The van der Waals surface area contributed by atoms with Crippen LogP contribution in [0.3, 0.4) is 0 Å². The summed E-state index contributed by atoms with van der Waals surface area (Å²) in [5.41, 5.74) is 0. The van der Waals surface area contributed by atoms with Crippen LogP contribution >= 0.6 is 0 Å². The van der Waals surface area contributed by atoms with Gasteiger partial charge in [-0.2, -0.15) is 0 Å². The molecule has 1 aromatic heterocycles. The number of rotatable bonds is 6. The van der Waals surface area contributed by atoms with Crippen LogP contribution in [0.15, 0.2) is 4.99 Å². The standard InChI is InChI=1S/C14H26N6O/c1-15-14(17-9-11-21-2)16-8-7-13-19-18-12-6-4-3-5-10-20(12)13/h3-11H2,1-2H3,(H2,15,16,17). The summed E-state index contributed by atoms with van der Waals surface area (Å²) < 4.78 is 7.29. The topological polar surface area (TPSA) is 76.4 Å². The molecule has 0 spiro atoms. The Bertz CT molecular complexity index is 456. The Morgan fingerprint density at radius 3 is 2.90 bits per heavy atom. The first-order valence-electron chi connectivity index (χ1n) is 7.69. The van der Waals surface area contributed by atoms with E-state index in [0.717, 1.165) is 50.1 Å². The van der Waals surface area contributed by atoms with Gasteiger partial charge >= 0.3 is 0 Å². The zero-order valence-corrected chi connectivity index (χ0v) is 13.1. The normalized spacial score (nSPS) is 15.4. The number of fused-ring (bicyclic) bond motifs is 1. The summed E-state index contributed by atoms with van der Waals surface area (Å²) in [6.07, 6.45) is 5.66. The van der Waals surface area contributed by atoms with Crippen molar-refractivity contribution in [2.45, 2.75) is 38.6 Å². The molecule has 0 aromatic carbocycles. The van der Waals surface area contributed by atoms with Gasteiger partial charge in [-0.15, -0.1) is 10.2 Å². The average Bonchev–Trinajstić information content (AvgIpc) is 2.73. The highest BCUT2D eigenvalue weighted by Gasteiger charge is 2.14. The monoisotopic (exact) mass is 294 g/mol. The van der Waals surface area contributed by atoms with Crippen molar-refractivity contribution in [3.63, 3.8) is 0 Å². The zero-order valence-electron chi connectivity index (χ0n) is 13.1. The Morgan fingerprint density at radius 2 is 2.10 bits per heavy atom. The second kappa shape index (κ2) is 8.61. The van der Waals surface area contributed by atoms with Gasteiger partial charge in [-0.05, 0) is 12.8 Å². The molecular weight excluding hydrogens is 268 g/mol. The Balaban J connectivity index is 1.79. The van der Waals surface area contributed by atoms with Crippen molar-refractivity contribution < 1.29 is 4.74 Å². The van der Waals surface area contributed by atoms with Gasteiger partial charge in [0.05, 0.1) is 6.61 Å². The van der Waals surface area contributed by atoms with Gasteiger partial charge < -0.3 is 19.9 Å². The van der Waals surface area contributed by atoms with Crippen LogP contribution in [0.1, 0.15) is 30.9 Å². The van der Waals surface area contributed by atoms with E-state index in [-0.39, 0.29) is 0 Å². The van der Waals surface area contributed by atoms with Crippen molar-refractivity contribution in [3.8, 4) is 0 Å². The molecule has 7 heteroatoms. The third-order valence-electron chi connectivity index (χ3n) is 3.65. The van der Waals surface area contributed by atoms with E-state index >= 15 is 0 Å². The van der Waals surface area contributed by atoms with Gasteiger partial charge in [0, 0.05) is 46.6 Å². The highest BCUT2D eigenvalue weighted by molar-refractivity contribution is 5.79. The fraction of sp³-hybridized carbons (Fsp3) is 0.786. The predicted octanol–water partition coefficient (Wildman–Crippen LogP) is 0.358. The minimum atomic E-state index is 0.665. The Hall–Kier alpha value is -1.63. The van der Waals surface area contributed by atoms with Crippen LogP contribution in [0.5, 0.6) is 0 Å². The molecule has 7 nitrogen and oxygen atoms in total. The third-order valence-corrected chi connectivity index (χ3v) is 3.65. The van der Waals surface area contributed by atoms with Gasteiger partial charge in [0.2, 0.25) is 0 Å². The summed E-state index contributed by atoms with van der Waals surface area (Å²) in [7, 11) is 3.46. The molecule has 0 saturated heterocycles. The van der Waals surface area contributed by atoms with E-state index in [1.807, 2.05) is 0 Å². The molecule has 0 amide bonds. The van der Waals surface area contributed by atoms with Crippen LogP contribution in [-0.4, -0.2) is 54.6 Å². The molecule has 2 rings (SSSR count). The SMILES string of the molecule is CN=C(NCCOC)NCCc1nnc2n1CCCCC2. The number of ether oxygens (including phenoxy) is 1. The van der Waals surface area contributed by atoms with Crippen LogP contribution in [0.4, 0.5) is 0 Å². The van der Waals surface area contributed by atoms with E-state index in [1.54, 1.807) is 14.2 Å². The second-order valence-electron chi connectivity index (χ2n) is 5.16. The van der Waals surface area contributed by atoms with Crippen molar-refractivity contribution in [1.29, 1.82) is 0 Å². The van der Waals surface area contributed by atoms with Crippen LogP contribution in [-0.2, 0) is 24.1 Å². The summed E-state index contributed by atoms with van der Waals surface area (Å²) in [5, 5.41) is 15.1. The lowest BCUT2D eigenvalue weighted by Crippen LogP contribution is -2.39. The van der Waals surface area contributed by atoms with Crippen molar-refractivity contribution >= 4 is 5.96 Å². The van der Waals surface area contributed by atoms with Crippen molar-refractivity contribution in [2.24, 2.45) is 4.99 Å². The molecule has 0 fully saturated rings. The number of aliphatic imine (C=N–C) groups is 1. The molecular formula is C14H26N6O. The fourth-order valence-electron chi connectivity index (χ4n) is 2.52. The zero-order chi connectivity index (χ0) is 14.9. The molecule has 1 aliphatic rings. The molecule has 1 aromatic rings. The quantitative estimate of drug-likeness (QED) is 0.450. The second-order valence-corrected chi connectivity index (χ2v) is 5.16. The first kappa shape index (κ1) is 15.8. The highest BCUT2D eigenvalue weighted by Crippen LogP contribution is 2.14. The molecule has 0 bridgehead atoms. The summed E-state index contributed by atoms with van der Waals surface area (Å²) in [5.74, 6) is 3.01. The van der Waals surface area contributed by atoms with Crippen molar-refractivity contribution in [1.82, 2.24) is 25.4 Å². The minimum Gasteiger partial charge on any atom is -0.383 e. The van der Waals surface area contributed by atoms with E-state index in [4.69, 9.17) is 4.74 Å². The molecule has 0 unspecified atom stereocenters. The maximum atomic E-state index is 5.01. The lowest BCUT2D eigenvalue weighted by molar-refractivity contribution is 0.203. The van der Waals surface area contributed by atoms with Crippen LogP contribution in [0, 0.1) is 0 Å². The Labute approximate surface area is 126 Å². The fourth-order valence-corrected chi connectivity index (χ4v) is 2.52. The molecule has 2 heterocycles.